The van der Waals surface area contributed by atoms with Crippen LogP contribution in [0.5, 0.6) is 0 Å². The largest absolute Gasteiger partial charge is 0.416 e. The van der Waals surface area contributed by atoms with Crippen LogP contribution in [0.3, 0.4) is 0 Å². The molecule has 1 atom stereocenters. The first-order valence-corrected chi connectivity index (χ1v) is 11.0. The highest BCUT2D eigenvalue weighted by Gasteiger charge is 2.37. The number of nitrogens with one attached hydrogen (secondary N) is 2. The molecule has 1 aromatic heterocycles. The number of aryl methyl sites for hydroxylation is 1. The molecule has 1 unspecified atom stereocenters. The lowest BCUT2D eigenvalue weighted by Crippen LogP contribution is -2.45. The number of aromatic amines is 1. The Morgan fingerprint density at radius 1 is 0.973 bits per heavy atom. The average Bonchev–Trinajstić information content (AvgIpc) is 3.18. The first kappa shape index (κ1) is 30.2. The van der Waals surface area contributed by atoms with E-state index in [2.05, 4.69) is 10.3 Å². The molecule has 0 aliphatic carbocycles. The smallest absolute Gasteiger partial charge is 0.361 e. The number of hydrogen-bond acceptors (Lipinski definition) is 3. The van der Waals surface area contributed by atoms with Crippen LogP contribution in [0.15, 0.2) is 48.7 Å². The van der Waals surface area contributed by atoms with Gasteiger partial charge in [0.05, 0.1) is 23.7 Å². The summed E-state index contributed by atoms with van der Waals surface area (Å²) in [4.78, 5) is 30.1. The second-order valence-corrected chi connectivity index (χ2v) is 8.80. The molecule has 3 rings (SSSR count). The minimum absolute atomic E-state index is 0. The van der Waals surface area contributed by atoms with Crippen molar-refractivity contribution >= 4 is 35.0 Å². The zero-order valence-corrected chi connectivity index (χ0v) is 20.8. The SMILES string of the molecule is CN(C)CC(=O)NC(Cc1c[nH]c2ccccc12)C(=O)CCc1cc(C(F)(F)F)cc(C(F)(F)F)c1.Cl. The maximum atomic E-state index is 13.2. The third-order valence-electron chi connectivity index (χ3n) is 5.59. The molecule has 0 saturated carbocycles. The van der Waals surface area contributed by atoms with Gasteiger partial charge in [-0.3, -0.25) is 9.59 Å². The number of ketones is 1. The molecule has 12 heteroatoms. The van der Waals surface area contributed by atoms with Crippen LogP contribution in [-0.4, -0.2) is 48.3 Å². The molecule has 37 heavy (non-hydrogen) atoms. The number of fused-ring (bicyclic) bond motifs is 1. The van der Waals surface area contributed by atoms with Gasteiger partial charge in [0.25, 0.3) is 0 Å². The zero-order valence-electron chi connectivity index (χ0n) is 20.0. The summed E-state index contributed by atoms with van der Waals surface area (Å²) in [6, 6.07) is 7.58. The number of likely N-dealkylation sites (N-methyl/N-ethyl adjacent to an activating group) is 1. The number of benzene rings is 2. The summed E-state index contributed by atoms with van der Waals surface area (Å²) >= 11 is 0. The number of nitrogens with zero attached hydrogens (tertiary/aromatic N) is 1. The molecular weight excluding hydrogens is 524 g/mol. The van der Waals surface area contributed by atoms with Crippen LogP contribution < -0.4 is 5.32 Å². The standard InChI is InChI=1S/C25H25F6N3O2.ClH/c1-34(2)14-23(36)33-21(11-16-13-32-20-6-4-3-5-19(16)20)22(35)8-7-15-9-17(24(26,27)28)12-18(10-15)25(29,30)31;/h3-6,9-10,12-13,21,32H,7-8,11,14H2,1-2H3,(H,33,36);1H. The lowest BCUT2D eigenvalue weighted by Gasteiger charge is -2.19. The molecule has 0 aliphatic heterocycles. The minimum Gasteiger partial charge on any atom is -0.361 e. The Labute approximate surface area is 215 Å². The Hall–Kier alpha value is -3.05. The van der Waals surface area contributed by atoms with E-state index in [0.717, 1.165) is 16.5 Å². The van der Waals surface area contributed by atoms with Crippen LogP contribution >= 0.6 is 12.4 Å². The van der Waals surface area contributed by atoms with Crippen molar-refractivity contribution in [2.24, 2.45) is 0 Å². The van der Waals surface area contributed by atoms with E-state index in [1.165, 1.54) is 0 Å². The summed E-state index contributed by atoms with van der Waals surface area (Å²) in [7, 11) is 3.34. The third-order valence-corrected chi connectivity index (χ3v) is 5.59. The fraction of sp³-hybridized carbons (Fsp3) is 0.360. The van der Waals surface area contributed by atoms with Crippen LogP contribution in [0.2, 0.25) is 0 Å². The lowest BCUT2D eigenvalue weighted by molar-refractivity contribution is -0.143. The van der Waals surface area contributed by atoms with Crippen molar-refractivity contribution in [3.05, 3.63) is 70.9 Å². The van der Waals surface area contributed by atoms with Gasteiger partial charge in [-0.2, -0.15) is 26.3 Å². The first-order valence-electron chi connectivity index (χ1n) is 11.0. The number of alkyl halides is 6. The normalized spacial score (nSPS) is 12.9. The predicted molar refractivity (Wildman–Crippen MR) is 130 cm³/mol. The van der Waals surface area contributed by atoms with Crippen LogP contribution in [-0.2, 0) is 34.8 Å². The number of hydrogen-bond donors (Lipinski definition) is 2. The second-order valence-electron chi connectivity index (χ2n) is 8.80. The van der Waals surface area contributed by atoms with E-state index in [1.807, 2.05) is 24.3 Å². The molecule has 202 valence electrons. The fourth-order valence-corrected chi connectivity index (χ4v) is 3.90. The maximum absolute atomic E-state index is 13.2. The molecule has 0 fully saturated rings. The Morgan fingerprint density at radius 2 is 1.57 bits per heavy atom. The van der Waals surface area contributed by atoms with Gasteiger partial charge in [0.1, 0.15) is 0 Å². The number of carbonyl (C=O) groups is 2. The number of amides is 1. The number of rotatable bonds is 9. The Kier molecular flexibility index (Phi) is 9.78. The van der Waals surface area contributed by atoms with Gasteiger partial charge in [-0.15, -0.1) is 12.4 Å². The van der Waals surface area contributed by atoms with Crippen molar-refractivity contribution in [2.45, 2.75) is 37.7 Å². The van der Waals surface area contributed by atoms with E-state index >= 15 is 0 Å². The van der Waals surface area contributed by atoms with E-state index in [9.17, 15) is 35.9 Å². The van der Waals surface area contributed by atoms with Gasteiger partial charge in [0.2, 0.25) is 5.91 Å². The Bertz CT molecular complexity index is 1200. The molecule has 1 amide bonds. The van der Waals surface area contributed by atoms with Gasteiger partial charge in [-0.05, 0) is 55.9 Å². The monoisotopic (exact) mass is 549 g/mol. The highest BCUT2D eigenvalue weighted by Crippen LogP contribution is 2.36. The van der Waals surface area contributed by atoms with Gasteiger partial charge in [-0.1, -0.05) is 18.2 Å². The number of para-hydroxylation sites is 1. The summed E-state index contributed by atoms with van der Waals surface area (Å²) < 4.78 is 79.0. The van der Waals surface area contributed by atoms with Crippen molar-refractivity contribution in [3.8, 4) is 0 Å². The van der Waals surface area contributed by atoms with Crippen LogP contribution in [0.25, 0.3) is 10.9 Å². The molecule has 0 spiro atoms. The molecule has 5 nitrogen and oxygen atoms in total. The average molecular weight is 550 g/mol. The van der Waals surface area contributed by atoms with Crippen molar-refractivity contribution in [3.63, 3.8) is 0 Å². The second kappa shape index (κ2) is 12.0. The number of Topliss-reactive ketones (excluding diaryl/α,β-unsaturated/α-hetero) is 1. The molecule has 3 aromatic rings. The predicted octanol–water partition coefficient (Wildman–Crippen LogP) is 5.42. The topological polar surface area (TPSA) is 65.2 Å². The van der Waals surface area contributed by atoms with Crippen molar-refractivity contribution in [1.29, 1.82) is 0 Å². The number of aromatic nitrogens is 1. The van der Waals surface area contributed by atoms with Gasteiger partial charge in [0.15, 0.2) is 5.78 Å². The summed E-state index contributed by atoms with van der Waals surface area (Å²) in [5.74, 6) is -0.935. The summed E-state index contributed by atoms with van der Waals surface area (Å²) in [5, 5.41) is 3.49. The van der Waals surface area contributed by atoms with E-state index in [0.29, 0.717) is 12.1 Å². The van der Waals surface area contributed by atoms with Gasteiger partial charge >= 0.3 is 12.4 Å². The number of H-pyrrole nitrogens is 1. The summed E-state index contributed by atoms with van der Waals surface area (Å²) in [5.41, 5.74) is -1.57. The van der Waals surface area contributed by atoms with Gasteiger partial charge in [-0.25, -0.2) is 0 Å². The van der Waals surface area contributed by atoms with Crippen molar-refractivity contribution < 1.29 is 35.9 Å². The molecule has 2 N–H and O–H groups in total. The highest BCUT2D eigenvalue weighted by atomic mass is 35.5. The van der Waals surface area contributed by atoms with E-state index < -0.39 is 41.2 Å². The van der Waals surface area contributed by atoms with E-state index in [4.69, 9.17) is 0 Å². The molecule has 0 aliphatic rings. The van der Waals surface area contributed by atoms with E-state index in [1.54, 1.807) is 25.2 Å². The highest BCUT2D eigenvalue weighted by molar-refractivity contribution is 5.91. The van der Waals surface area contributed by atoms with Crippen LogP contribution in [0.1, 0.15) is 28.7 Å². The first-order chi connectivity index (χ1) is 16.7. The third kappa shape index (κ3) is 8.22. The summed E-state index contributed by atoms with van der Waals surface area (Å²) in [6.07, 6.45) is -8.84. The minimum atomic E-state index is -4.97. The van der Waals surface area contributed by atoms with Crippen LogP contribution in [0, 0.1) is 0 Å². The lowest BCUT2D eigenvalue weighted by atomic mass is 9.95. The van der Waals surface area contributed by atoms with Crippen LogP contribution in [0.4, 0.5) is 26.3 Å². The molecular formula is C25H26ClF6N3O2. The van der Waals surface area contributed by atoms with E-state index in [-0.39, 0.29) is 49.8 Å². The maximum Gasteiger partial charge on any atom is 0.416 e. The molecule has 0 bridgehead atoms. The van der Waals surface area contributed by atoms with Crippen molar-refractivity contribution in [1.82, 2.24) is 15.2 Å². The van der Waals surface area contributed by atoms with Crippen molar-refractivity contribution in [2.75, 3.05) is 20.6 Å². The molecule has 0 saturated heterocycles. The quantitative estimate of drug-likeness (QED) is 0.350. The summed E-state index contributed by atoms with van der Waals surface area (Å²) in [6.45, 7) is 0.000233. The number of carbonyl (C=O) groups excluding carboxylic acids is 2. The van der Waals surface area contributed by atoms with Gasteiger partial charge < -0.3 is 15.2 Å². The Balaban J connectivity index is 0.00000481. The van der Waals surface area contributed by atoms with Gasteiger partial charge in [0, 0.05) is 29.9 Å². The molecule has 0 radical (unpaired) electrons. The number of halogens is 7. The zero-order chi connectivity index (χ0) is 26.7. The fourth-order valence-electron chi connectivity index (χ4n) is 3.90. The molecule has 1 heterocycles. The molecule has 2 aromatic carbocycles. The Morgan fingerprint density at radius 3 is 2.14 bits per heavy atom.